The van der Waals surface area contributed by atoms with E-state index in [1.54, 1.807) is 46.4 Å². The first-order valence-electron chi connectivity index (χ1n) is 16.8. The van der Waals surface area contributed by atoms with Crippen molar-refractivity contribution < 1.29 is 28.7 Å². The molecule has 2 aromatic rings. The summed E-state index contributed by atoms with van der Waals surface area (Å²) in [6, 6.07) is 12.2. The van der Waals surface area contributed by atoms with Crippen molar-refractivity contribution in [1.82, 2.24) is 15.5 Å². The zero-order chi connectivity index (χ0) is 35.5. The minimum absolute atomic E-state index is 0.208. The molecule has 0 aliphatic carbocycles. The first-order chi connectivity index (χ1) is 21.9. The first-order valence-corrected chi connectivity index (χ1v) is 16.8. The molecule has 4 atom stereocenters. The predicted molar refractivity (Wildman–Crippen MR) is 186 cm³/mol. The molecule has 2 rings (SSSR count). The van der Waals surface area contributed by atoms with Crippen molar-refractivity contribution in [3.63, 3.8) is 0 Å². The van der Waals surface area contributed by atoms with Gasteiger partial charge in [-0.25, -0.2) is 9.59 Å². The number of nitrogens with zero attached hydrogens (tertiary/aromatic N) is 1. The van der Waals surface area contributed by atoms with Gasteiger partial charge >= 0.3 is 12.1 Å². The predicted octanol–water partition coefficient (Wildman–Crippen LogP) is 6.98. The van der Waals surface area contributed by atoms with E-state index in [9.17, 15) is 19.2 Å². The summed E-state index contributed by atoms with van der Waals surface area (Å²) < 4.78 is 11.3. The minimum atomic E-state index is -1.08. The summed E-state index contributed by atoms with van der Waals surface area (Å²) in [7, 11) is 0. The molecule has 0 spiro atoms. The fraction of sp³-hybridized carbons (Fsp3) is 0.579. The van der Waals surface area contributed by atoms with Crippen LogP contribution in [0.15, 0.2) is 48.5 Å². The number of rotatable bonds is 14. The van der Waals surface area contributed by atoms with E-state index in [0.29, 0.717) is 18.4 Å². The molecule has 2 N–H and O–H groups in total. The lowest BCUT2D eigenvalue weighted by molar-refractivity contribution is -0.159. The number of ether oxygens (including phenoxy) is 2. The molecule has 3 amide bonds. The number of amides is 3. The van der Waals surface area contributed by atoms with Crippen molar-refractivity contribution in [2.24, 2.45) is 5.92 Å². The SMILES string of the molecule is CCCCN(C(=O)C(NC(=O)OC(C)(C)C)C(C)CC)C(C(=O)NC(Cc1ccccc1)C(=O)OC(C)(C)C)c1cc(C)ccc1C. The van der Waals surface area contributed by atoms with Gasteiger partial charge in [0.2, 0.25) is 11.8 Å². The number of hydrogen-bond acceptors (Lipinski definition) is 6. The molecule has 0 radical (unpaired) electrons. The van der Waals surface area contributed by atoms with E-state index in [1.165, 1.54) is 0 Å². The van der Waals surface area contributed by atoms with Crippen LogP contribution in [0.3, 0.4) is 0 Å². The number of unbranched alkanes of at least 4 members (excludes halogenated alkanes) is 1. The van der Waals surface area contributed by atoms with E-state index in [4.69, 9.17) is 9.47 Å². The van der Waals surface area contributed by atoms with Gasteiger partial charge in [-0.2, -0.15) is 0 Å². The third-order valence-corrected chi connectivity index (χ3v) is 7.77. The molecule has 0 fully saturated rings. The molecule has 2 aromatic carbocycles. The molecule has 0 bridgehead atoms. The van der Waals surface area contributed by atoms with Gasteiger partial charge in [0, 0.05) is 13.0 Å². The van der Waals surface area contributed by atoms with E-state index in [0.717, 1.165) is 23.1 Å². The normalized spacial score (nSPS) is 14.3. The van der Waals surface area contributed by atoms with Crippen LogP contribution in [-0.4, -0.2) is 58.6 Å². The Labute approximate surface area is 282 Å². The summed E-state index contributed by atoms with van der Waals surface area (Å²) in [6.07, 6.45) is 1.50. The summed E-state index contributed by atoms with van der Waals surface area (Å²) in [5.41, 5.74) is 1.71. The highest BCUT2D eigenvalue weighted by Crippen LogP contribution is 2.29. The lowest BCUT2D eigenvalue weighted by Crippen LogP contribution is -2.56. The van der Waals surface area contributed by atoms with E-state index >= 15 is 0 Å². The molecule has 0 aliphatic rings. The van der Waals surface area contributed by atoms with Gasteiger partial charge in [-0.3, -0.25) is 9.59 Å². The van der Waals surface area contributed by atoms with Gasteiger partial charge < -0.3 is 25.0 Å². The van der Waals surface area contributed by atoms with Gasteiger partial charge in [0.05, 0.1) is 0 Å². The molecule has 9 nitrogen and oxygen atoms in total. The van der Waals surface area contributed by atoms with Crippen molar-refractivity contribution in [3.8, 4) is 0 Å². The van der Waals surface area contributed by atoms with E-state index < -0.39 is 53.2 Å². The van der Waals surface area contributed by atoms with E-state index in [1.807, 2.05) is 83.1 Å². The molecule has 0 saturated heterocycles. The van der Waals surface area contributed by atoms with Crippen molar-refractivity contribution in [1.29, 1.82) is 0 Å². The maximum atomic E-state index is 14.6. The maximum Gasteiger partial charge on any atom is 0.408 e. The molecule has 9 heteroatoms. The number of esters is 1. The Morgan fingerprint density at radius 2 is 1.47 bits per heavy atom. The number of hydrogen-bond donors (Lipinski definition) is 2. The molecule has 0 heterocycles. The highest BCUT2D eigenvalue weighted by Gasteiger charge is 2.40. The van der Waals surface area contributed by atoms with Crippen LogP contribution in [0.4, 0.5) is 4.79 Å². The van der Waals surface area contributed by atoms with Crippen LogP contribution in [0, 0.1) is 19.8 Å². The van der Waals surface area contributed by atoms with Gasteiger partial charge in [0.1, 0.15) is 29.3 Å². The molecule has 0 saturated carbocycles. The zero-order valence-corrected chi connectivity index (χ0v) is 30.4. The van der Waals surface area contributed by atoms with E-state index in [2.05, 4.69) is 10.6 Å². The van der Waals surface area contributed by atoms with Gasteiger partial charge in [-0.05, 0) is 84.4 Å². The molecule has 4 unspecified atom stereocenters. The average molecular weight is 652 g/mol. The Morgan fingerprint density at radius 3 is 2.02 bits per heavy atom. The molecule has 260 valence electrons. The number of aryl methyl sites for hydroxylation is 2. The van der Waals surface area contributed by atoms with Crippen LogP contribution in [0.5, 0.6) is 0 Å². The van der Waals surface area contributed by atoms with Crippen molar-refractivity contribution in [2.45, 2.75) is 131 Å². The van der Waals surface area contributed by atoms with Gasteiger partial charge in [-0.15, -0.1) is 0 Å². The number of carbonyl (C=O) groups excluding carboxylic acids is 4. The molecule has 0 aromatic heterocycles. The first kappa shape index (κ1) is 39.3. The lowest BCUT2D eigenvalue weighted by Gasteiger charge is -2.37. The summed E-state index contributed by atoms with van der Waals surface area (Å²) >= 11 is 0. The van der Waals surface area contributed by atoms with Gasteiger partial charge in [0.25, 0.3) is 0 Å². The second-order valence-corrected chi connectivity index (χ2v) is 14.4. The van der Waals surface area contributed by atoms with E-state index in [-0.39, 0.29) is 18.9 Å². The highest BCUT2D eigenvalue weighted by molar-refractivity contribution is 5.94. The van der Waals surface area contributed by atoms with Crippen LogP contribution in [0.25, 0.3) is 0 Å². The summed E-state index contributed by atoms with van der Waals surface area (Å²) in [5.74, 6) is -1.72. The molecular formula is C38H57N3O6. The van der Waals surface area contributed by atoms with Gasteiger partial charge in [0.15, 0.2) is 0 Å². The molecule has 0 aliphatic heterocycles. The summed E-state index contributed by atoms with van der Waals surface area (Å²) in [4.78, 5) is 57.4. The van der Waals surface area contributed by atoms with Crippen LogP contribution in [0.1, 0.15) is 110 Å². The third-order valence-electron chi connectivity index (χ3n) is 7.77. The van der Waals surface area contributed by atoms with Crippen molar-refractivity contribution in [2.75, 3.05) is 6.54 Å². The van der Waals surface area contributed by atoms with Crippen LogP contribution in [-0.2, 0) is 30.3 Å². The average Bonchev–Trinajstić information content (AvgIpc) is 2.97. The van der Waals surface area contributed by atoms with Crippen molar-refractivity contribution >= 4 is 23.9 Å². The Bertz CT molecular complexity index is 1350. The zero-order valence-electron chi connectivity index (χ0n) is 30.4. The minimum Gasteiger partial charge on any atom is -0.458 e. The number of nitrogens with one attached hydrogen (secondary N) is 2. The number of alkyl carbamates (subject to hydrolysis) is 1. The topological polar surface area (TPSA) is 114 Å². The maximum absolute atomic E-state index is 14.6. The Kier molecular flexibility index (Phi) is 14.5. The lowest BCUT2D eigenvalue weighted by atomic mass is 9.93. The largest absolute Gasteiger partial charge is 0.458 e. The fourth-order valence-electron chi connectivity index (χ4n) is 5.16. The third kappa shape index (κ3) is 12.7. The number of carbonyl (C=O) groups is 4. The summed E-state index contributed by atoms with van der Waals surface area (Å²) in [6.45, 7) is 20.6. The Morgan fingerprint density at radius 1 is 0.851 bits per heavy atom. The van der Waals surface area contributed by atoms with Crippen LogP contribution < -0.4 is 10.6 Å². The van der Waals surface area contributed by atoms with Crippen LogP contribution >= 0.6 is 0 Å². The standard InChI is InChI=1S/C38H57N3O6/c1-12-14-22-41(34(43)31(26(4)13-2)40-36(45)47-38(9,10)11)32(29-23-25(3)20-21-27(29)5)33(42)39-30(35(44)46-37(6,7)8)24-28-18-16-15-17-19-28/h15-21,23,26,30-32H,12-14,22,24H2,1-11H3,(H,39,42)(H,40,45). The Hall–Kier alpha value is -3.88. The van der Waals surface area contributed by atoms with Gasteiger partial charge in [-0.1, -0.05) is 87.7 Å². The van der Waals surface area contributed by atoms with Crippen LogP contribution in [0.2, 0.25) is 0 Å². The quantitative estimate of drug-likeness (QED) is 0.213. The highest BCUT2D eigenvalue weighted by atomic mass is 16.6. The Balaban J connectivity index is 2.68. The van der Waals surface area contributed by atoms with Crippen molar-refractivity contribution in [3.05, 3.63) is 70.8 Å². The summed E-state index contributed by atoms with van der Waals surface area (Å²) in [5, 5.41) is 5.79. The second-order valence-electron chi connectivity index (χ2n) is 14.4. The monoisotopic (exact) mass is 651 g/mol. The molecular weight excluding hydrogens is 594 g/mol. The molecule has 47 heavy (non-hydrogen) atoms. The number of benzene rings is 2. The fourth-order valence-corrected chi connectivity index (χ4v) is 5.16. The second kappa shape index (κ2) is 17.3. The smallest absolute Gasteiger partial charge is 0.408 e.